The summed E-state index contributed by atoms with van der Waals surface area (Å²) in [5, 5.41) is 9.64. The van der Waals surface area contributed by atoms with Crippen LogP contribution in [0.4, 0.5) is 4.79 Å². The highest BCUT2D eigenvalue weighted by molar-refractivity contribution is 6.42. The van der Waals surface area contributed by atoms with Gasteiger partial charge in [0.2, 0.25) is 0 Å². The molecule has 0 radical (unpaired) electrons. The van der Waals surface area contributed by atoms with Crippen LogP contribution >= 0.6 is 11.6 Å². The van der Waals surface area contributed by atoms with Gasteiger partial charge in [-0.15, -0.1) is 0 Å². The molecule has 0 spiro atoms. The Labute approximate surface area is 188 Å². The smallest absolute Gasteiger partial charge is 0.410 e. The van der Waals surface area contributed by atoms with E-state index in [2.05, 4.69) is 15.9 Å². The number of nitriles is 1. The Kier molecular flexibility index (Phi) is 5.71. The molecule has 3 heterocycles. The maximum atomic E-state index is 12.4. The number of aliphatic imine (C=N–C) groups is 1. The largest absolute Gasteiger partial charge is 0.444 e. The zero-order valence-electron chi connectivity index (χ0n) is 18.4. The molecule has 0 saturated carbocycles. The van der Waals surface area contributed by atoms with E-state index in [9.17, 15) is 4.79 Å². The lowest BCUT2D eigenvalue weighted by Crippen LogP contribution is -2.46. The number of carbonyl (C=O) groups is 1. The molecule has 1 aromatic carbocycles. The van der Waals surface area contributed by atoms with E-state index in [0.29, 0.717) is 22.4 Å². The summed E-state index contributed by atoms with van der Waals surface area (Å²) in [6, 6.07) is 9.58. The van der Waals surface area contributed by atoms with E-state index in [1.165, 1.54) is 0 Å². The number of nitrogens with zero attached hydrogens (tertiary/aromatic N) is 5. The normalized spacial score (nSPS) is 26.3. The average molecular weight is 442 g/mol. The third kappa shape index (κ3) is 4.41. The number of halogens is 1. The number of fused-ring (bicyclic) bond motifs is 1. The molecular formula is C23H28ClN5O2. The predicted molar refractivity (Wildman–Crippen MR) is 120 cm³/mol. The molecule has 4 rings (SSSR count). The number of benzene rings is 1. The molecule has 3 aliphatic rings. The van der Waals surface area contributed by atoms with Gasteiger partial charge in [-0.05, 0) is 50.3 Å². The average Bonchev–Trinajstić information content (AvgIpc) is 3.26. The fourth-order valence-corrected chi connectivity index (χ4v) is 4.95. The lowest BCUT2D eigenvalue weighted by Gasteiger charge is -2.38. The molecule has 1 aromatic rings. The zero-order valence-corrected chi connectivity index (χ0v) is 19.1. The maximum Gasteiger partial charge on any atom is 0.410 e. The van der Waals surface area contributed by atoms with Crippen LogP contribution in [0.1, 0.15) is 31.9 Å². The van der Waals surface area contributed by atoms with Gasteiger partial charge >= 0.3 is 6.09 Å². The number of amides is 1. The third-order valence-electron chi connectivity index (χ3n) is 6.03. The van der Waals surface area contributed by atoms with E-state index in [-0.39, 0.29) is 12.4 Å². The predicted octanol–water partition coefficient (Wildman–Crippen LogP) is 3.56. The fourth-order valence-electron chi connectivity index (χ4n) is 4.65. The van der Waals surface area contributed by atoms with Crippen LogP contribution in [0, 0.1) is 23.2 Å². The summed E-state index contributed by atoms with van der Waals surface area (Å²) < 4.78 is 5.54. The van der Waals surface area contributed by atoms with Crippen molar-refractivity contribution in [2.75, 3.05) is 33.2 Å². The zero-order chi connectivity index (χ0) is 22.3. The monoisotopic (exact) mass is 441 g/mol. The first-order chi connectivity index (χ1) is 14.7. The molecule has 2 saturated heterocycles. The van der Waals surface area contributed by atoms with Gasteiger partial charge in [-0.2, -0.15) is 5.26 Å². The summed E-state index contributed by atoms with van der Waals surface area (Å²) in [7, 11) is 2.00. The molecule has 0 N–H and O–H groups in total. The van der Waals surface area contributed by atoms with Crippen LogP contribution in [0.3, 0.4) is 0 Å². The van der Waals surface area contributed by atoms with Crippen LogP contribution in [0.15, 0.2) is 34.3 Å². The third-order valence-corrected chi connectivity index (χ3v) is 6.30. The van der Waals surface area contributed by atoms with Gasteiger partial charge in [-0.1, -0.05) is 23.7 Å². The second-order valence-corrected chi connectivity index (χ2v) is 9.89. The Morgan fingerprint density at radius 3 is 2.32 bits per heavy atom. The Balaban J connectivity index is 1.43. The van der Waals surface area contributed by atoms with Crippen LogP contribution < -0.4 is 0 Å². The molecule has 7 nitrogen and oxygen atoms in total. The molecule has 1 amide bonds. The van der Waals surface area contributed by atoms with Gasteiger partial charge in [0.25, 0.3) is 0 Å². The van der Waals surface area contributed by atoms with Crippen molar-refractivity contribution in [1.82, 2.24) is 14.7 Å². The first-order valence-electron chi connectivity index (χ1n) is 10.5. The van der Waals surface area contributed by atoms with Gasteiger partial charge in [-0.25, -0.2) is 4.79 Å². The molecule has 31 heavy (non-hydrogen) atoms. The molecule has 8 heteroatoms. The maximum absolute atomic E-state index is 12.4. The molecule has 0 bridgehead atoms. The van der Waals surface area contributed by atoms with Crippen LogP contribution in [-0.4, -0.2) is 72.1 Å². The van der Waals surface area contributed by atoms with Crippen molar-refractivity contribution < 1.29 is 9.53 Å². The quantitative estimate of drug-likeness (QED) is 0.701. The Hall–Kier alpha value is -2.56. The lowest BCUT2D eigenvalue weighted by atomic mass is 10.0. The highest BCUT2D eigenvalue weighted by Crippen LogP contribution is 2.36. The molecule has 3 aliphatic heterocycles. The van der Waals surface area contributed by atoms with Gasteiger partial charge in [-0.3, -0.25) is 9.89 Å². The number of ether oxygens (including phenoxy) is 1. The van der Waals surface area contributed by atoms with Crippen molar-refractivity contribution in [2.24, 2.45) is 16.8 Å². The summed E-state index contributed by atoms with van der Waals surface area (Å²) in [5.74, 6) is 0.826. The second-order valence-electron chi connectivity index (χ2n) is 9.48. The van der Waals surface area contributed by atoms with Crippen LogP contribution in [0.2, 0.25) is 0 Å². The van der Waals surface area contributed by atoms with Crippen molar-refractivity contribution in [3.63, 3.8) is 0 Å². The Morgan fingerprint density at radius 1 is 1.16 bits per heavy atom. The van der Waals surface area contributed by atoms with E-state index in [1.807, 2.05) is 44.9 Å². The van der Waals surface area contributed by atoms with Gasteiger partial charge in [0.1, 0.15) is 5.60 Å². The van der Waals surface area contributed by atoms with Crippen LogP contribution in [0.25, 0.3) is 5.70 Å². The molecule has 0 aromatic heterocycles. The number of allylic oxidation sites excluding steroid dienone is 1. The highest BCUT2D eigenvalue weighted by atomic mass is 35.5. The number of rotatable bonds is 2. The van der Waals surface area contributed by atoms with E-state index in [4.69, 9.17) is 26.6 Å². The minimum atomic E-state index is -0.478. The van der Waals surface area contributed by atoms with Crippen LogP contribution in [0.5, 0.6) is 0 Å². The summed E-state index contributed by atoms with van der Waals surface area (Å²) in [6.07, 6.45) is 1.36. The van der Waals surface area contributed by atoms with Crippen LogP contribution in [-0.2, 0) is 4.74 Å². The van der Waals surface area contributed by atoms with E-state index in [1.54, 1.807) is 18.3 Å². The standard InChI is InChI=1S/C23H28ClN5O2/c1-23(2,3)31-22(30)29-13-17-11-28(12-18(17)14-29)21-26-10-19(24)20(27(21)4)16-7-5-15(9-25)6-8-16/h5-8,10,17-18,21H,11-14H2,1-4H3. The van der Waals surface area contributed by atoms with E-state index >= 15 is 0 Å². The number of hydrogen-bond donors (Lipinski definition) is 0. The van der Waals surface area contributed by atoms with Gasteiger partial charge < -0.3 is 14.5 Å². The topological polar surface area (TPSA) is 72.2 Å². The number of likely N-dealkylation sites (tertiary alicyclic amines) is 2. The summed E-state index contributed by atoms with van der Waals surface area (Å²) in [5.41, 5.74) is 2.00. The van der Waals surface area contributed by atoms with Gasteiger partial charge in [0.15, 0.2) is 6.29 Å². The fraction of sp³-hybridized carbons (Fsp3) is 0.522. The first-order valence-corrected chi connectivity index (χ1v) is 10.9. The Bertz CT molecular complexity index is 946. The van der Waals surface area contributed by atoms with Crippen molar-refractivity contribution in [3.8, 4) is 6.07 Å². The summed E-state index contributed by atoms with van der Waals surface area (Å²) in [6.45, 7) is 8.85. The lowest BCUT2D eigenvalue weighted by molar-refractivity contribution is 0.0263. The van der Waals surface area contributed by atoms with Crippen molar-refractivity contribution in [1.29, 1.82) is 5.26 Å². The molecule has 164 valence electrons. The summed E-state index contributed by atoms with van der Waals surface area (Å²) in [4.78, 5) is 23.4. The van der Waals surface area contributed by atoms with Gasteiger partial charge in [0, 0.05) is 39.4 Å². The highest BCUT2D eigenvalue weighted by Gasteiger charge is 2.45. The van der Waals surface area contributed by atoms with Crippen molar-refractivity contribution >= 4 is 29.6 Å². The first kappa shape index (κ1) is 21.7. The van der Waals surface area contributed by atoms with Gasteiger partial charge in [0.05, 0.1) is 22.4 Å². The second kappa shape index (κ2) is 8.18. The van der Waals surface area contributed by atoms with E-state index in [0.717, 1.165) is 37.4 Å². The van der Waals surface area contributed by atoms with E-state index < -0.39 is 5.60 Å². The van der Waals surface area contributed by atoms with Crippen molar-refractivity contribution in [2.45, 2.75) is 32.7 Å². The molecule has 2 fully saturated rings. The molecule has 3 atom stereocenters. The Morgan fingerprint density at radius 2 is 1.77 bits per heavy atom. The number of hydrogen-bond acceptors (Lipinski definition) is 6. The minimum Gasteiger partial charge on any atom is -0.444 e. The molecule has 0 aliphatic carbocycles. The minimum absolute atomic E-state index is 0.145. The number of carbonyl (C=O) groups excluding carboxylic acids is 1. The SMILES string of the molecule is CN1C(c2ccc(C#N)cc2)=C(Cl)C=NC1N1CC2CN(C(=O)OC(C)(C)C)CC2C1. The molecular weight excluding hydrogens is 414 g/mol. The summed E-state index contributed by atoms with van der Waals surface area (Å²) >= 11 is 6.51. The van der Waals surface area contributed by atoms with Crippen molar-refractivity contribution in [3.05, 3.63) is 40.4 Å². The molecule has 3 unspecified atom stereocenters.